The zero-order chi connectivity index (χ0) is 21.6. The summed E-state index contributed by atoms with van der Waals surface area (Å²) in [5.74, 6) is 1.03. The van der Waals surface area contributed by atoms with Crippen molar-refractivity contribution in [1.29, 1.82) is 0 Å². The van der Waals surface area contributed by atoms with Gasteiger partial charge in [0, 0.05) is 11.1 Å². The zero-order valence-electron chi connectivity index (χ0n) is 18.2. The molecule has 2 aromatic rings. The van der Waals surface area contributed by atoms with Crippen LogP contribution in [-0.4, -0.2) is 61.5 Å². The van der Waals surface area contributed by atoms with Crippen LogP contribution in [0.4, 0.5) is 0 Å². The van der Waals surface area contributed by atoms with E-state index in [2.05, 4.69) is 17.4 Å². The fourth-order valence-electron chi connectivity index (χ4n) is 3.83. The molecule has 0 saturated carbocycles. The normalized spacial score (nSPS) is 16.3. The van der Waals surface area contributed by atoms with Gasteiger partial charge in [-0.25, -0.2) is 0 Å². The highest BCUT2D eigenvalue weighted by Crippen LogP contribution is 2.18. The third-order valence-corrected chi connectivity index (χ3v) is 5.28. The average molecular weight is 415 g/mol. The van der Waals surface area contributed by atoms with Crippen molar-refractivity contribution in [2.45, 2.75) is 32.4 Å². The van der Waals surface area contributed by atoms with E-state index in [4.69, 9.17) is 4.42 Å². The van der Waals surface area contributed by atoms with Gasteiger partial charge in [-0.3, -0.25) is 9.59 Å². The Morgan fingerprint density at radius 2 is 1.83 bits per heavy atom. The fourth-order valence-corrected chi connectivity index (χ4v) is 3.83. The lowest BCUT2D eigenvalue weighted by Crippen LogP contribution is -3.16. The first-order chi connectivity index (χ1) is 14.3. The maximum Gasteiger partial charge on any atom is 0.278 e. The number of rotatable bonds is 7. The van der Waals surface area contributed by atoms with Crippen molar-refractivity contribution in [1.82, 2.24) is 10.2 Å². The molecule has 1 aliphatic heterocycles. The van der Waals surface area contributed by atoms with Gasteiger partial charge in [-0.1, -0.05) is 30.3 Å². The summed E-state index contributed by atoms with van der Waals surface area (Å²) in [5, 5.41) is 5.04. The molecule has 1 atom stereocenters. The van der Waals surface area contributed by atoms with E-state index in [1.165, 1.54) is 4.90 Å². The minimum atomic E-state index is -0.215. The number of carbonyl (C=O) groups is 2. The molecular formula is C23H34N4O3+2. The number of piperazine rings is 1. The van der Waals surface area contributed by atoms with E-state index in [1.807, 2.05) is 61.3 Å². The molecule has 0 aliphatic carbocycles. The molecule has 0 bridgehead atoms. The van der Waals surface area contributed by atoms with Crippen molar-refractivity contribution >= 4 is 11.8 Å². The molecule has 1 saturated heterocycles. The molecule has 0 spiro atoms. The topological polar surface area (TPSA) is 83.6 Å². The molecule has 1 aromatic carbocycles. The number of quaternary nitrogens is 2. The quantitative estimate of drug-likeness (QED) is 0.575. The molecule has 1 aromatic heterocycles. The van der Waals surface area contributed by atoms with Crippen LogP contribution < -0.4 is 15.5 Å². The van der Waals surface area contributed by atoms with Crippen LogP contribution in [0, 0.1) is 0 Å². The maximum absolute atomic E-state index is 12.8. The summed E-state index contributed by atoms with van der Waals surface area (Å²) in [6.07, 6.45) is 1.67. The van der Waals surface area contributed by atoms with Crippen molar-refractivity contribution in [3.8, 4) is 0 Å². The Kier molecular flexibility index (Phi) is 7.29. The Morgan fingerprint density at radius 1 is 1.13 bits per heavy atom. The van der Waals surface area contributed by atoms with E-state index < -0.39 is 0 Å². The van der Waals surface area contributed by atoms with Gasteiger partial charge in [-0.15, -0.1) is 0 Å². The molecule has 0 radical (unpaired) electrons. The van der Waals surface area contributed by atoms with Gasteiger partial charge in [-0.2, -0.15) is 0 Å². The second-order valence-corrected chi connectivity index (χ2v) is 8.95. The third-order valence-electron chi connectivity index (χ3n) is 5.28. The fraction of sp³-hybridized carbons (Fsp3) is 0.478. The molecule has 1 aliphatic rings. The Morgan fingerprint density at radius 3 is 2.43 bits per heavy atom. The lowest BCUT2D eigenvalue weighted by molar-refractivity contribution is -0.896. The van der Waals surface area contributed by atoms with E-state index >= 15 is 0 Å². The third kappa shape index (κ3) is 6.43. The summed E-state index contributed by atoms with van der Waals surface area (Å²) in [6, 6.07) is 13.9. The molecular weight excluding hydrogens is 380 g/mol. The number of benzene rings is 1. The number of nitrogens with zero attached hydrogens (tertiary/aromatic N) is 1. The summed E-state index contributed by atoms with van der Waals surface area (Å²) in [6.45, 7) is 9.73. The van der Waals surface area contributed by atoms with E-state index in [-0.39, 0.29) is 23.4 Å². The number of furan rings is 1. The highest BCUT2D eigenvalue weighted by atomic mass is 16.3. The molecule has 2 amide bonds. The summed E-state index contributed by atoms with van der Waals surface area (Å²) in [5.41, 5.74) is 0.896. The Balaban J connectivity index is 1.49. The number of nitrogens with two attached hydrogens (primary N) is 1. The van der Waals surface area contributed by atoms with E-state index in [0.717, 1.165) is 24.4 Å². The standard InChI is InChI=1S/C23H32N4O3/c1-23(2,3)25-20(28)17-26-11-13-27(14-12-26)21(29)16-24-22(19-10-7-15-30-19)18-8-5-4-6-9-18/h4-10,15,22,24H,11-14,16-17H2,1-3H3,(H,25,28)/p+2/t22-/m1/s1. The number of carbonyl (C=O) groups excluding carboxylic acids is 2. The summed E-state index contributed by atoms with van der Waals surface area (Å²) >= 11 is 0. The summed E-state index contributed by atoms with van der Waals surface area (Å²) in [4.78, 5) is 28.1. The zero-order valence-corrected chi connectivity index (χ0v) is 18.2. The van der Waals surface area contributed by atoms with Gasteiger partial charge in [0.15, 0.2) is 24.9 Å². The molecule has 30 heavy (non-hydrogen) atoms. The molecule has 1 fully saturated rings. The van der Waals surface area contributed by atoms with Crippen LogP contribution >= 0.6 is 0 Å². The smallest absolute Gasteiger partial charge is 0.278 e. The Labute approximate surface area is 178 Å². The molecule has 7 nitrogen and oxygen atoms in total. The van der Waals surface area contributed by atoms with Crippen LogP contribution in [-0.2, 0) is 9.59 Å². The number of nitrogens with one attached hydrogen (secondary N) is 2. The molecule has 3 rings (SSSR count). The minimum Gasteiger partial charge on any atom is -0.463 e. The summed E-state index contributed by atoms with van der Waals surface area (Å²) in [7, 11) is 0. The van der Waals surface area contributed by atoms with Crippen LogP contribution in [0.15, 0.2) is 53.1 Å². The predicted molar refractivity (Wildman–Crippen MR) is 114 cm³/mol. The van der Waals surface area contributed by atoms with Gasteiger partial charge in [0.05, 0.1) is 32.4 Å². The summed E-state index contributed by atoms with van der Waals surface area (Å²) < 4.78 is 5.62. The van der Waals surface area contributed by atoms with Crippen molar-refractivity contribution in [3.63, 3.8) is 0 Å². The number of hydrogen-bond acceptors (Lipinski definition) is 3. The molecule has 162 valence electrons. The monoisotopic (exact) mass is 414 g/mol. The number of hydrogen-bond donors (Lipinski definition) is 3. The van der Waals surface area contributed by atoms with Gasteiger partial charge in [0.25, 0.3) is 11.8 Å². The van der Waals surface area contributed by atoms with Gasteiger partial charge < -0.3 is 24.9 Å². The average Bonchev–Trinajstić information content (AvgIpc) is 3.22. The van der Waals surface area contributed by atoms with Crippen LogP contribution in [0.25, 0.3) is 0 Å². The van der Waals surface area contributed by atoms with Crippen LogP contribution in [0.2, 0.25) is 0 Å². The van der Waals surface area contributed by atoms with E-state index in [1.54, 1.807) is 6.26 Å². The molecule has 2 heterocycles. The van der Waals surface area contributed by atoms with Crippen molar-refractivity contribution in [2.75, 3.05) is 39.3 Å². The first-order valence-electron chi connectivity index (χ1n) is 10.7. The van der Waals surface area contributed by atoms with Crippen molar-refractivity contribution in [3.05, 3.63) is 60.1 Å². The van der Waals surface area contributed by atoms with Crippen LogP contribution in [0.5, 0.6) is 0 Å². The van der Waals surface area contributed by atoms with E-state index in [9.17, 15) is 9.59 Å². The highest BCUT2D eigenvalue weighted by Gasteiger charge is 2.28. The van der Waals surface area contributed by atoms with Crippen molar-refractivity contribution in [2.24, 2.45) is 0 Å². The van der Waals surface area contributed by atoms with Gasteiger partial charge in [-0.05, 0) is 32.9 Å². The lowest BCUT2D eigenvalue weighted by Gasteiger charge is -2.32. The first kappa shape index (κ1) is 22.1. The maximum atomic E-state index is 12.8. The Bertz CT molecular complexity index is 807. The molecule has 7 heteroatoms. The second kappa shape index (κ2) is 9.91. The number of amides is 2. The highest BCUT2D eigenvalue weighted by molar-refractivity contribution is 5.78. The van der Waals surface area contributed by atoms with Gasteiger partial charge in [0.2, 0.25) is 0 Å². The lowest BCUT2D eigenvalue weighted by atomic mass is 10.0. The molecule has 4 N–H and O–H groups in total. The van der Waals surface area contributed by atoms with Crippen LogP contribution in [0.1, 0.15) is 38.1 Å². The SMILES string of the molecule is CC(C)(C)NC(=O)C[NH+]1CCN(C(=O)C[NH2+][C@H](c2ccccc2)c2ccco2)CC1. The minimum absolute atomic E-state index is 0.0434. The van der Waals surface area contributed by atoms with Crippen molar-refractivity contribution < 1.29 is 24.2 Å². The largest absolute Gasteiger partial charge is 0.463 e. The molecule has 0 unspecified atom stereocenters. The van der Waals surface area contributed by atoms with E-state index in [0.29, 0.717) is 26.2 Å². The second-order valence-electron chi connectivity index (χ2n) is 8.95. The van der Waals surface area contributed by atoms with Crippen LogP contribution in [0.3, 0.4) is 0 Å². The Hall–Kier alpha value is -2.64. The predicted octanol–water partition coefficient (Wildman–Crippen LogP) is -0.426. The van der Waals surface area contributed by atoms with Gasteiger partial charge in [0.1, 0.15) is 0 Å². The van der Waals surface area contributed by atoms with Gasteiger partial charge >= 0.3 is 0 Å². The first-order valence-corrected chi connectivity index (χ1v) is 10.7.